The van der Waals surface area contributed by atoms with Gasteiger partial charge in [0.15, 0.2) is 23.3 Å². The highest BCUT2D eigenvalue weighted by molar-refractivity contribution is 7.22. The molecule has 6 aromatic heterocycles. The molecule has 27 rings (SSSR count). The molecule has 0 saturated heterocycles. The van der Waals surface area contributed by atoms with Gasteiger partial charge < -0.3 is 0 Å². The van der Waals surface area contributed by atoms with Crippen LogP contribution >= 0.6 is 22.7 Å². The first-order valence-electron chi connectivity index (χ1n) is 51.3. The van der Waals surface area contributed by atoms with Gasteiger partial charge in [0.05, 0.1) is 22.1 Å². The van der Waals surface area contributed by atoms with Gasteiger partial charge in [-0.3, -0.25) is 9.13 Å². The van der Waals surface area contributed by atoms with E-state index in [0.717, 1.165) is 55.1 Å². The molecule has 8 nitrogen and oxygen atoms in total. The molecular weight excluding hydrogens is 1850 g/mol. The molecule has 19 aromatic carbocycles. The number of hydrogen-bond donors (Lipinski definition) is 0. The van der Waals surface area contributed by atoms with E-state index in [4.69, 9.17) is 29.9 Å². The van der Waals surface area contributed by atoms with Crippen molar-refractivity contribution < 1.29 is 0 Å². The molecule has 0 amide bonds. The monoisotopic (exact) mass is 1950 g/mol. The average molecular weight is 1950 g/mol. The van der Waals surface area contributed by atoms with Crippen LogP contribution in [0.25, 0.3) is 243 Å². The summed E-state index contributed by atoms with van der Waals surface area (Å²) < 4.78 is 5.76. The highest BCUT2D eigenvalue weighted by Crippen LogP contribution is 2.57. The molecule has 0 unspecified atom stereocenters. The zero-order chi connectivity index (χ0) is 101. The van der Waals surface area contributed by atoms with Crippen molar-refractivity contribution in [2.75, 3.05) is 0 Å². The fourth-order valence-electron chi connectivity index (χ4n) is 23.6. The van der Waals surface area contributed by atoms with Crippen LogP contribution in [-0.2, 0) is 10.8 Å². The third-order valence-corrected chi connectivity index (χ3v) is 33.4. The van der Waals surface area contributed by atoms with Gasteiger partial charge in [-0.2, -0.15) is 19.9 Å². The first kappa shape index (κ1) is 91.4. The minimum Gasteiger partial charge on any atom is -0.278 e. The third kappa shape index (κ3) is 16.0. The molecule has 2 aliphatic carbocycles. The molecule has 0 saturated carbocycles. The molecule has 0 aliphatic heterocycles. The van der Waals surface area contributed by atoms with Gasteiger partial charge in [0.25, 0.3) is 0 Å². The second-order valence-electron chi connectivity index (χ2n) is 41.2. The molecule has 0 bridgehead atoms. The summed E-state index contributed by atoms with van der Waals surface area (Å²) in [4.78, 5) is 34.7. The molecule has 0 spiro atoms. The molecule has 149 heavy (non-hydrogen) atoms. The van der Waals surface area contributed by atoms with Crippen molar-refractivity contribution in [3.63, 3.8) is 0 Å². The van der Waals surface area contributed by atoms with Crippen LogP contribution in [0.15, 0.2) is 431 Å². The second-order valence-corrected chi connectivity index (χ2v) is 43.4. The highest BCUT2D eigenvalue weighted by atomic mass is 32.1. The van der Waals surface area contributed by atoms with E-state index < -0.39 is 0 Å². The molecule has 0 radical (unpaired) electrons. The number of rotatable bonds is 16. The Morgan fingerprint density at radius 3 is 0.980 bits per heavy atom. The molecule has 0 N–H and O–H groups in total. The molecular formula is C139H104N8S2. The number of thiophene rings is 2. The molecule has 0 fully saturated rings. The number of para-hydroxylation sites is 2. The lowest BCUT2D eigenvalue weighted by molar-refractivity contribution is 0.661. The number of benzene rings is 19. The van der Waals surface area contributed by atoms with Gasteiger partial charge in [0.1, 0.15) is 0 Å². The van der Waals surface area contributed by atoms with E-state index in [1.54, 1.807) is 0 Å². The third-order valence-electron chi connectivity index (χ3n) is 31.1. The van der Waals surface area contributed by atoms with Crippen molar-refractivity contribution in [1.82, 2.24) is 39.0 Å². The number of fused-ring (bicyclic) bond motifs is 13. The SMILES string of the molecule is Cc1c(-c2ccccc2)c(C)c(-c2cccc(-c3ccc(-c4ccc5c(c4)C(C)(C)c4cc6c(cc4-5)c4ccccc4n6-c4nc(-c5ccccc5)nc(-c5ccccc5)n4)s3)c2)c(C)c1-c1ccccc1.Cc1ccc(C)c(-c2cc(-c3cccc(-c4ccc5cc(-c6ccc7c(c6)C(C)(C)c6cc8c(cc6-7)c6ccccc6n8-c6nc(-c7ccccc7)nc(-c7ccccc7)n6)sc5c4)c3)cc(-c3cc(C)ccc3C)c2)c1. The van der Waals surface area contributed by atoms with Crippen LogP contribution < -0.4 is 0 Å². The fourth-order valence-corrected chi connectivity index (χ4v) is 25.7. The standard InChI is InChI=1S/C72H54N4S.C67H50N4S/c1-43-24-26-45(3)59(32-43)55-35-54(36-56(37-55)60-33-44(2)25-27-46(60)4)50-21-15-20-49(34-50)51-28-29-53-40-68(77-67(53)39-51)52-30-31-57-61-41-62-58-22-13-14-23-65(58)76(66(62)42-64(61)72(5,6)63(57)38-52)71-74-69(47-16-9-7-10-17-47)73-70(75-71)48-18-11-8-12-19-48;1-41-61(44-21-10-6-11-22-44)42(2)63(43(3)62(41)45-23-12-7-13-24-45)50-30-20-29-48(37-50)59-35-36-60(72-59)49-33-34-51-53-39-54-52-31-18-19-32-57(52)71(58(54)40-56(53)67(4,5)55(51)38-49)66-69-64(46-25-14-8-15-26-46)68-65(70-66)47-27-16-9-17-28-47/h7-42H,1-6H3;6-40H,1-5H3. The van der Waals surface area contributed by atoms with Gasteiger partial charge in [0.2, 0.25) is 11.9 Å². The van der Waals surface area contributed by atoms with Crippen molar-refractivity contribution in [3.05, 3.63) is 492 Å². The minimum absolute atomic E-state index is 0.269. The van der Waals surface area contributed by atoms with Crippen LogP contribution in [0.5, 0.6) is 0 Å². The predicted octanol–water partition coefficient (Wildman–Crippen LogP) is 37.3. The van der Waals surface area contributed by atoms with E-state index in [9.17, 15) is 0 Å². The van der Waals surface area contributed by atoms with Gasteiger partial charge >= 0.3 is 0 Å². The summed E-state index contributed by atoms with van der Waals surface area (Å²) in [6.45, 7) is 25.2. The summed E-state index contributed by atoms with van der Waals surface area (Å²) in [6, 6.07) is 157. The molecule has 10 heteroatoms. The van der Waals surface area contributed by atoms with Crippen LogP contribution in [0.2, 0.25) is 0 Å². The Kier molecular flexibility index (Phi) is 22.4. The first-order valence-corrected chi connectivity index (χ1v) is 53.0. The highest BCUT2D eigenvalue weighted by Gasteiger charge is 2.40. The average Bonchev–Trinajstić information content (AvgIpc) is 1.55. The number of nitrogens with zero attached hydrogens (tertiary/aromatic N) is 8. The van der Waals surface area contributed by atoms with Crippen molar-refractivity contribution in [2.45, 2.75) is 87.0 Å². The lowest BCUT2D eigenvalue weighted by Crippen LogP contribution is -2.15. The van der Waals surface area contributed by atoms with Crippen LogP contribution in [0.4, 0.5) is 0 Å². The minimum atomic E-state index is -0.271. The summed E-state index contributed by atoms with van der Waals surface area (Å²) in [6.07, 6.45) is 0. The van der Waals surface area contributed by atoms with Crippen molar-refractivity contribution in [1.29, 1.82) is 0 Å². The zero-order valence-corrected chi connectivity index (χ0v) is 86.5. The summed E-state index contributed by atoms with van der Waals surface area (Å²) >= 11 is 3.74. The van der Waals surface area contributed by atoms with Gasteiger partial charge in [-0.25, -0.2) is 9.97 Å². The first-order chi connectivity index (χ1) is 72.7. The smallest absolute Gasteiger partial charge is 0.238 e. The van der Waals surface area contributed by atoms with Gasteiger partial charge in [-0.1, -0.05) is 366 Å². The van der Waals surface area contributed by atoms with Gasteiger partial charge in [-0.05, 0) is 324 Å². The maximum Gasteiger partial charge on any atom is 0.238 e. The number of hydrogen-bond acceptors (Lipinski definition) is 8. The molecule has 2 aliphatic rings. The predicted molar refractivity (Wildman–Crippen MR) is 626 cm³/mol. The Hall–Kier alpha value is -17.5. The van der Waals surface area contributed by atoms with Gasteiger partial charge in [0, 0.05) is 74.0 Å². The lowest BCUT2D eigenvalue weighted by atomic mass is 9.80. The Bertz CT molecular complexity index is 9460. The van der Waals surface area contributed by atoms with E-state index in [0.29, 0.717) is 35.2 Å². The maximum absolute atomic E-state index is 5.22. The summed E-state index contributed by atoms with van der Waals surface area (Å²) in [5, 5.41) is 5.93. The van der Waals surface area contributed by atoms with Crippen molar-refractivity contribution >= 4 is 76.4 Å². The van der Waals surface area contributed by atoms with Crippen LogP contribution in [0.1, 0.15) is 88.9 Å². The zero-order valence-electron chi connectivity index (χ0n) is 84.9. The normalized spacial score (nSPS) is 12.6. The van der Waals surface area contributed by atoms with Crippen molar-refractivity contribution in [3.8, 4) is 189 Å². The Labute approximate surface area is 876 Å². The topological polar surface area (TPSA) is 87.2 Å². The van der Waals surface area contributed by atoms with Crippen LogP contribution in [0, 0.1) is 48.5 Å². The van der Waals surface area contributed by atoms with Crippen LogP contribution in [-0.4, -0.2) is 39.0 Å². The molecule has 0 atom stereocenters. The number of aryl methyl sites for hydroxylation is 4. The summed E-state index contributed by atoms with van der Waals surface area (Å²) in [5.41, 5.74) is 48.2. The Balaban J connectivity index is 0.000000151. The maximum atomic E-state index is 5.22. The molecule has 712 valence electrons. The number of aromatic nitrogens is 8. The van der Waals surface area contributed by atoms with E-state index >= 15 is 0 Å². The van der Waals surface area contributed by atoms with E-state index in [-0.39, 0.29) is 10.8 Å². The Morgan fingerprint density at radius 1 is 0.201 bits per heavy atom. The summed E-state index contributed by atoms with van der Waals surface area (Å²) in [7, 11) is 0. The molecule has 6 heterocycles. The van der Waals surface area contributed by atoms with Gasteiger partial charge in [-0.15, -0.1) is 22.7 Å². The quantitative estimate of drug-likeness (QED) is 0.0958. The van der Waals surface area contributed by atoms with E-state index in [1.807, 2.05) is 95.5 Å². The second kappa shape index (κ2) is 36.6. The summed E-state index contributed by atoms with van der Waals surface area (Å²) in [5.74, 6) is 3.76. The Morgan fingerprint density at radius 2 is 0.537 bits per heavy atom. The van der Waals surface area contributed by atoms with Crippen LogP contribution in [0.3, 0.4) is 0 Å². The lowest BCUT2D eigenvalue weighted by Gasteiger charge is -2.23. The van der Waals surface area contributed by atoms with E-state index in [2.05, 4.69) is 443 Å². The van der Waals surface area contributed by atoms with Crippen molar-refractivity contribution in [2.24, 2.45) is 0 Å². The fraction of sp³-hybridized carbons (Fsp3) is 0.0935. The largest absolute Gasteiger partial charge is 0.278 e. The molecule has 25 aromatic rings. The van der Waals surface area contributed by atoms with E-state index in [1.165, 1.54) is 214 Å².